The molecule has 2 aromatic carbocycles. The molecule has 0 fully saturated rings. The molecule has 4 rings (SSSR count). The van der Waals surface area contributed by atoms with Crippen LogP contribution < -0.4 is 10.1 Å². The summed E-state index contributed by atoms with van der Waals surface area (Å²) in [5.74, 6) is 1.36. The second-order valence-electron chi connectivity index (χ2n) is 6.37. The molecule has 29 heavy (non-hydrogen) atoms. The van der Waals surface area contributed by atoms with E-state index >= 15 is 0 Å². The number of nitrogens with one attached hydrogen (secondary N) is 1. The minimum atomic E-state index is -0.339. The summed E-state index contributed by atoms with van der Waals surface area (Å²) in [6.45, 7) is 1.84. The molecule has 0 radical (unpaired) electrons. The van der Waals surface area contributed by atoms with Gasteiger partial charge in [0.2, 0.25) is 5.91 Å². The van der Waals surface area contributed by atoms with Crippen molar-refractivity contribution in [2.75, 3.05) is 5.32 Å². The Kier molecular flexibility index (Phi) is 5.44. The van der Waals surface area contributed by atoms with Gasteiger partial charge in [0, 0.05) is 12.7 Å². The Hall–Kier alpha value is -3.39. The number of amides is 1. The molecular weight excluding hydrogens is 386 g/mol. The summed E-state index contributed by atoms with van der Waals surface area (Å²) in [4.78, 5) is 21.1. The Morgan fingerprint density at radius 3 is 2.55 bits per heavy atom. The highest BCUT2D eigenvalue weighted by Crippen LogP contribution is 2.28. The summed E-state index contributed by atoms with van der Waals surface area (Å²) < 4.78 is 7.45. The number of benzene rings is 2. The van der Waals surface area contributed by atoms with Crippen molar-refractivity contribution in [3.8, 4) is 11.5 Å². The van der Waals surface area contributed by atoms with E-state index in [1.807, 2.05) is 68.6 Å². The Bertz CT molecular complexity index is 1130. The standard InChI is InChI=1S/C21H19N5O2S/c1-14(29-21-18-12-24-26(2)19(18)22-13-23-21)20(27)25-15-8-10-17(11-9-15)28-16-6-4-3-5-7-16/h3-14H,1-2H3,(H,25,27). The van der Waals surface area contributed by atoms with Crippen LogP contribution in [0.4, 0.5) is 5.69 Å². The van der Waals surface area contributed by atoms with E-state index in [9.17, 15) is 4.79 Å². The summed E-state index contributed by atoms with van der Waals surface area (Å²) in [6, 6.07) is 16.8. The fourth-order valence-electron chi connectivity index (χ4n) is 2.73. The number of thioether (sulfide) groups is 1. The number of fused-ring (bicyclic) bond motifs is 1. The minimum Gasteiger partial charge on any atom is -0.457 e. The van der Waals surface area contributed by atoms with Gasteiger partial charge in [-0.1, -0.05) is 30.0 Å². The van der Waals surface area contributed by atoms with Crippen LogP contribution in [-0.2, 0) is 11.8 Å². The smallest absolute Gasteiger partial charge is 0.237 e. The fourth-order valence-corrected chi connectivity index (χ4v) is 3.61. The first-order chi connectivity index (χ1) is 14.1. The first-order valence-electron chi connectivity index (χ1n) is 9.03. The highest BCUT2D eigenvalue weighted by Gasteiger charge is 2.18. The molecule has 2 heterocycles. The summed E-state index contributed by atoms with van der Waals surface area (Å²) >= 11 is 1.38. The van der Waals surface area contributed by atoms with Crippen LogP contribution in [-0.4, -0.2) is 30.9 Å². The normalized spacial score (nSPS) is 11.9. The largest absolute Gasteiger partial charge is 0.457 e. The molecule has 4 aromatic rings. The van der Waals surface area contributed by atoms with E-state index in [1.54, 1.807) is 10.9 Å². The van der Waals surface area contributed by atoms with Crippen LogP contribution in [0, 0.1) is 0 Å². The third-order valence-corrected chi connectivity index (χ3v) is 5.37. The SMILES string of the molecule is CC(Sc1ncnc2c1cnn2C)C(=O)Nc1ccc(Oc2ccccc2)cc1. The summed E-state index contributed by atoms with van der Waals surface area (Å²) in [7, 11) is 1.82. The van der Waals surface area contributed by atoms with Crippen molar-refractivity contribution in [1.82, 2.24) is 19.7 Å². The van der Waals surface area contributed by atoms with Gasteiger partial charge in [0.1, 0.15) is 22.9 Å². The second kappa shape index (κ2) is 8.32. The number of aryl methyl sites for hydroxylation is 1. The van der Waals surface area contributed by atoms with Crippen molar-refractivity contribution >= 4 is 34.4 Å². The van der Waals surface area contributed by atoms with Gasteiger partial charge in [-0.05, 0) is 43.3 Å². The van der Waals surface area contributed by atoms with Gasteiger partial charge in [-0.15, -0.1) is 0 Å². The second-order valence-corrected chi connectivity index (χ2v) is 7.70. The molecule has 0 aliphatic rings. The van der Waals surface area contributed by atoms with E-state index in [-0.39, 0.29) is 11.2 Å². The number of hydrogen-bond acceptors (Lipinski definition) is 6. The number of carbonyl (C=O) groups excluding carboxylic acids is 1. The monoisotopic (exact) mass is 405 g/mol. The summed E-state index contributed by atoms with van der Waals surface area (Å²) in [5, 5.41) is 8.36. The fraction of sp³-hybridized carbons (Fsp3) is 0.143. The van der Waals surface area contributed by atoms with Crippen molar-refractivity contribution in [2.24, 2.45) is 7.05 Å². The number of para-hydroxylation sites is 1. The van der Waals surface area contributed by atoms with Crippen molar-refractivity contribution in [2.45, 2.75) is 17.2 Å². The molecule has 1 atom stereocenters. The third kappa shape index (κ3) is 4.38. The number of aromatic nitrogens is 4. The average molecular weight is 405 g/mol. The summed E-state index contributed by atoms with van der Waals surface area (Å²) in [5.41, 5.74) is 1.45. The lowest BCUT2D eigenvalue weighted by atomic mass is 10.3. The number of anilines is 1. The highest BCUT2D eigenvalue weighted by molar-refractivity contribution is 8.00. The number of ether oxygens (including phenoxy) is 1. The van der Waals surface area contributed by atoms with Gasteiger partial charge >= 0.3 is 0 Å². The molecule has 146 valence electrons. The average Bonchev–Trinajstić information content (AvgIpc) is 3.12. The van der Waals surface area contributed by atoms with E-state index in [2.05, 4.69) is 20.4 Å². The van der Waals surface area contributed by atoms with Crippen LogP contribution in [0.1, 0.15) is 6.92 Å². The predicted octanol–water partition coefficient (Wildman–Crippen LogP) is 4.27. The Balaban J connectivity index is 1.39. The van der Waals surface area contributed by atoms with Gasteiger partial charge in [-0.25, -0.2) is 9.97 Å². The zero-order valence-electron chi connectivity index (χ0n) is 15.9. The third-order valence-electron chi connectivity index (χ3n) is 4.25. The lowest BCUT2D eigenvalue weighted by molar-refractivity contribution is -0.115. The maximum absolute atomic E-state index is 12.6. The van der Waals surface area contributed by atoms with E-state index < -0.39 is 0 Å². The topological polar surface area (TPSA) is 81.9 Å². The maximum Gasteiger partial charge on any atom is 0.237 e. The van der Waals surface area contributed by atoms with Crippen LogP contribution in [0.3, 0.4) is 0 Å². The predicted molar refractivity (Wildman–Crippen MR) is 113 cm³/mol. The van der Waals surface area contributed by atoms with E-state index in [0.29, 0.717) is 11.4 Å². The number of hydrogen-bond donors (Lipinski definition) is 1. The maximum atomic E-state index is 12.6. The Morgan fingerprint density at radius 2 is 1.79 bits per heavy atom. The lowest BCUT2D eigenvalue weighted by Crippen LogP contribution is -2.22. The van der Waals surface area contributed by atoms with Crippen LogP contribution in [0.2, 0.25) is 0 Å². The van der Waals surface area contributed by atoms with Crippen LogP contribution >= 0.6 is 11.8 Å². The highest BCUT2D eigenvalue weighted by atomic mass is 32.2. The Labute approximate surface area is 172 Å². The molecule has 0 aliphatic carbocycles. The van der Waals surface area contributed by atoms with Gasteiger partial charge in [0.15, 0.2) is 5.65 Å². The zero-order valence-corrected chi connectivity index (χ0v) is 16.8. The minimum absolute atomic E-state index is 0.109. The zero-order chi connectivity index (χ0) is 20.2. The van der Waals surface area contributed by atoms with Crippen LogP contribution in [0.25, 0.3) is 11.0 Å². The van der Waals surface area contributed by atoms with Gasteiger partial charge in [0.05, 0.1) is 16.8 Å². The molecule has 7 nitrogen and oxygen atoms in total. The van der Waals surface area contributed by atoms with Crippen LogP contribution in [0.5, 0.6) is 11.5 Å². The number of nitrogens with zero attached hydrogens (tertiary/aromatic N) is 4. The lowest BCUT2D eigenvalue weighted by Gasteiger charge is -2.12. The van der Waals surface area contributed by atoms with E-state index in [4.69, 9.17) is 4.74 Å². The number of carbonyl (C=O) groups is 1. The molecule has 1 unspecified atom stereocenters. The quantitative estimate of drug-likeness (QED) is 0.381. The van der Waals surface area contributed by atoms with E-state index in [1.165, 1.54) is 18.1 Å². The van der Waals surface area contributed by atoms with Gasteiger partial charge in [-0.3, -0.25) is 9.48 Å². The molecule has 0 bridgehead atoms. The van der Waals surface area contributed by atoms with Crippen molar-refractivity contribution in [1.29, 1.82) is 0 Å². The molecule has 1 N–H and O–H groups in total. The molecule has 0 spiro atoms. The molecule has 1 amide bonds. The molecule has 2 aromatic heterocycles. The molecule has 8 heteroatoms. The van der Waals surface area contributed by atoms with Gasteiger partial charge in [0.25, 0.3) is 0 Å². The van der Waals surface area contributed by atoms with Crippen molar-refractivity contribution in [3.05, 3.63) is 67.1 Å². The van der Waals surface area contributed by atoms with Gasteiger partial charge in [-0.2, -0.15) is 5.10 Å². The first-order valence-corrected chi connectivity index (χ1v) is 9.91. The number of rotatable bonds is 6. The van der Waals surface area contributed by atoms with E-state index in [0.717, 1.165) is 21.8 Å². The van der Waals surface area contributed by atoms with Gasteiger partial charge < -0.3 is 10.1 Å². The van der Waals surface area contributed by atoms with Crippen LogP contribution in [0.15, 0.2) is 72.1 Å². The molecule has 0 aliphatic heterocycles. The summed E-state index contributed by atoms with van der Waals surface area (Å²) in [6.07, 6.45) is 3.20. The van der Waals surface area contributed by atoms with Crippen molar-refractivity contribution < 1.29 is 9.53 Å². The molecule has 0 saturated carbocycles. The first kappa shape index (κ1) is 18.9. The van der Waals surface area contributed by atoms with Crippen molar-refractivity contribution in [3.63, 3.8) is 0 Å². The molecular formula is C21H19N5O2S. The molecule has 0 saturated heterocycles. The Morgan fingerprint density at radius 1 is 1.07 bits per heavy atom.